The van der Waals surface area contributed by atoms with Gasteiger partial charge in [0.05, 0.1) is 6.54 Å². The van der Waals surface area contributed by atoms with Gasteiger partial charge in [0, 0.05) is 25.7 Å². The number of nitrogens with one attached hydrogen (secondary N) is 1. The van der Waals surface area contributed by atoms with Gasteiger partial charge in [0.2, 0.25) is 0 Å². The number of halogens is 3. The molecule has 1 atom stereocenters. The van der Waals surface area contributed by atoms with Crippen LogP contribution in [0.5, 0.6) is 0 Å². The Morgan fingerprint density at radius 3 is 2.57 bits per heavy atom. The molecule has 1 aliphatic rings. The molecular weight excluding hydrogens is 193 g/mol. The van der Waals surface area contributed by atoms with Crippen molar-refractivity contribution in [2.24, 2.45) is 5.92 Å². The topological polar surface area (TPSA) is 15.3 Å². The fourth-order valence-electron chi connectivity index (χ4n) is 1.69. The molecule has 0 aromatic heterocycles. The van der Waals surface area contributed by atoms with Gasteiger partial charge in [-0.2, -0.15) is 13.2 Å². The molecule has 0 aromatic carbocycles. The highest BCUT2D eigenvalue weighted by molar-refractivity contribution is 4.81. The molecule has 1 rings (SSSR count). The Labute approximate surface area is 82.5 Å². The lowest BCUT2D eigenvalue weighted by molar-refractivity contribution is -0.148. The predicted molar refractivity (Wildman–Crippen MR) is 49.1 cm³/mol. The molecule has 14 heavy (non-hydrogen) atoms. The van der Waals surface area contributed by atoms with Gasteiger partial charge >= 0.3 is 6.18 Å². The van der Waals surface area contributed by atoms with E-state index in [0.717, 1.165) is 0 Å². The maximum absolute atomic E-state index is 12.1. The second-order valence-electron chi connectivity index (χ2n) is 4.15. The molecule has 0 aromatic rings. The van der Waals surface area contributed by atoms with Crippen LogP contribution in [0.3, 0.4) is 0 Å². The van der Waals surface area contributed by atoms with Crippen molar-refractivity contribution < 1.29 is 13.2 Å². The first kappa shape index (κ1) is 11.8. The average molecular weight is 210 g/mol. The molecule has 0 bridgehead atoms. The summed E-state index contributed by atoms with van der Waals surface area (Å²) in [5, 5.41) is 3.23. The molecule has 1 fully saturated rings. The minimum Gasteiger partial charge on any atom is -0.311 e. The fraction of sp³-hybridized carbons (Fsp3) is 1.00. The van der Waals surface area contributed by atoms with Crippen molar-refractivity contribution in [3.63, 3.8) is 0 Å². The molecule has 5 heteroatoms. The van der Waals surface area contributed by atoms with Gasteiger partial charge in [-0.05, 0) is 5.92 Å². The standard InChI is InChI=1S/C9H17F3N2/c1-7(2)8-5-14(4-3-13-8)6-9(10,11)12/h7-8,13H,3-6H2,1-2H3. The van der Waals surface area contributed by atoms with E-state index in [1.54, 1.807) is 0 Å². The zero-order valence-corrected chi connectivity index (χ0v) is 8.56. The van der Waals surface area contributed by atoms with E-state index in [2.05, 4.69) is 5.32 Å². The number of hydrogen-bond acceptors (Lipinski definition) is 2. The van der Waals surface area contributed by atoms with Crippen LogP contribution in [-0.2, 0) is 0 Å². The van der Waals surface area contributed by atoms with Gasteiger partial charge in [0.25, 0.3) is 0 Å². The van der Waals surface area contributed by atoms with Crippen LogP contribution in [0.2, 0.25) is 0 Å². The summed E-state index contributed by atoms with van der Waals surface area (Å²) in [5.41, 5.74) is 0. The summed E-state index contributed by atoms with van der Waals surface area (Å²) < 4.78 is 36.3. The van der Waals surface area contributed by atoms with E-state index in [-0.39, 0.29) is 6.04 Å². The monoisotopic (exact) mass is 210 g/mol. The first-order valence-electron chi connectivity index (χ1n) is 4.91. The normalized spacial score (nSPS) is 25.7. The second kappa shape index (κ2) is 4.49. The third-order valence-corrected chi connectivity index (χ3v) is 2.50. The maximum Gasteiger partial charge on any atom is 0.401 e. The average Bonchev–Trinajstić information content (AvgIpc) is 2.01. The second-order valence-corrected chi connectivity index (χ2v) is 4.15. The van der Waals surface area contributed by atoms with Crippen LogP contribution < -0.4 is 5.32 Å². The first-order valence-corrected chi connectivity index (χ1v) is 4.91. The van der Waals surface area contributed by atoms with Gasteiger partial charge in [-0.15, -0.1) is 0 Å². The molecule has 0 radical (unpaired) electrons. The largest absolute Gasteiger partial charge is 0.401 e. The minimum absolute atomic E-state index is 0.186. The number of piperazine rings is 1. The fourth-order valence-corrected chi connectivity index (χ4v) is 1.69. The van der Waals surface area contributed by atoms with Crippen molar-refractivity contribution in [2.75, 3.05) is 26.2 Å². The van der Waals surface area contributed by atoms with Crippen molar-refractivity contribution in [1.82, 2.24) is 10.2 Å². The number of rotatable bonds is 2. The van der Waals surface area contributed by atoms with Crippen molar-refractivity contribution in [1.29, 1.82) is 0 Å². The van der Waals surface area contributed by atoms with E-state index in [9.17, 15) is 13.2 Å². The SMILES string of the molecule is CC(C)C1CN(CC(F)(F)F)CCN1. The zero-order chi connectivity index (χ0) is 10.8. The Kier molecular flexibility index (Phi) is 3.78. The van der Waals surface area contributed by atoms with E-state index in [4.69, 9.17) is 0 Å². The van der Waals surface area contributed by atoms with Gasteiger partial charge in [-0.25, -0.2) is 0 Å². The van der Waals surface area contributed by atoms with E-state index in [1.165, 1.54) is 4.90 Å². The molecule has 0 spiro atoms. The maximum atomic E-state index is 12.1. The van der Waals surface area contributed by atoms with Crippen LogP contribution in [0.1, 0.15) is 13.8 Å². The van der Waals surface area contributed by atoms with Gasteiger partial charge in [0.1, 0.15) is 0 Å². The molecule has 84 valence electrons. The van der Waals surface area contributed by atoms with Crippen LogP contribution in [0.15, 0.2) is 0 Å². The smallest absolute Gasteiger partial charge is 0.311 e. The highest BCUT2D eigenvalue weighted by Gasteiger charge is 2.33. The van der Waals surface area contributed by atoms with E-state index >= 15 is 0 Å². The van der Waals surface area contributed by atoms with E-state index in [0.29, 0.717) is 25.6 Å². The third kappa shape index (κ3) is 3.84. The summed E-state index contributed by atoms with van der Waals surface area (Å²) >= 11 is 0. The Bertz CT molecular complexity index is 179. The molecular formula is C9H17F3N2. The molecule has 1 aliphatic heterocycles. The van der Waals surface area contributed by atoms with Crippen molar-refractivity contribution in [3.05, 3.63) is 0 Å². The quantitative estimate of drug-likeness (QED) is 0.742. The van der Waals surface area contributed by atoms with Crippen LogP contribution in [-0.4, -0.2) is 43.3 Å². The lowest BCUT2D eigenvalue weighted by Crippen LogP contribution is -2.54. The molecule has 1 N–H and O–H groups in total. The van der Waals surface area contributed by atoms with Crippen LogP contribution in [0, 0.1) is 5.92 Å². The number of alkyl halides is 3. The molecule has 1 heterocycles. The zero-order valence-electron chi connectivity index (χ0n) is 8.56. The molecule has 1 saturated heterocycles. The summed E-state index contributed by atoms with van der Waals surface area (Å²) in [6, 6.07) is 0.186. The molecule has 0 amide bonds. The summed E-state index contributed by atoms with van der Waals surface area (Å²) in [5.74, 6) is 0.381. The highest BCUT2D eigenvalue weighted by Crippen LogP contribution is 2.18. The summed E-state index contributed by atoms with van der Waals surface area (Å²) in [7, 11) is 0. The Morgan fingerprint density at radius 1 is 1.43 bits per heavy atom. The molecule has 0 aliphatic carbocycles. The van der Waals surface area contributed by atoms with Crippen molar-refractivity contribution in [2.45, 2.75) is 26.1 Å². The number of hydrogen-bond donors (Lipinski definition) is 1. The van der Waals surface area contributed by atoms with Crippen molar-refractivity contribution in [3.8, 4) is 0 Å². The summed E-state index contributed by atoms with van der Waals surface area (Å²) in [6.45, 7) is 4.90. The molecule has 2 nitrogen and oxygen atoms in total. The van der Waals surface area contributed by atoms with Gasteiger partial charge in [-0.1, -0.05) is 13.8 Å². The molecule has 1 unspecified atom stereocenters. The van der Waals surface area contributed by atoms with Crippen LogP contribution in [0.4, 0.5) is 13.2 Å². The number of nitrogens with zero attached hydrogens (tertiary/aromatic N) is 1. The highest BCUT2D eigenvalue weighted by atomic mass is 19.4. The van der Waals surface area contributed by atoms with Crippen LogP contribution >= 0.6 is 0 Å². The van der Waals surface area contributed by atoms with E-state index in [1.807, 2.05) is 13.8 Å². The van der Waals surface area contributed by atoms with Crippen LogP contribution in [0.25, 0.3) is 0 Å². The lowest BCUT2D eigenvalue weighted by atomic mass is 10.0. The van der Waals surface area contributed by atoms with Gasteiger partial charge < -0.3 is 5.32 Å². The minimum atomic E-state index is -4.07. The van der Waals surface area contributed by atoms with Gasteiger partial charge in [-0.3, -0.25) is 4.90 Å². The lowest BCUT2D eigenvalue weighted by Gasteiger charge is -2.35. The Hall–Kier alpha value is -0.290. The predicted octanol–water partition coefficient (Wildman–Crippen LogP) is 1.48. The third-order valence-electron chi connectivity index (χ3n) is 2.50. The first-order chi connectivity index (χ1) is 6.38. The summed E-state index contributed by atoms with van der Waals surface area (Å²) in [4.78, 5) is 1.47. The summed E-state index contributed by atoms with van der Waals surface area (Å²) in [6.07, 6.45) is -4.07. The van der Waals surface area contributed by atoms with Gasteiger partial charge in [0.15, 0.2) is 0 Å². The molecule has 0 saturated carbocycles. The Balaban J connectivity index is 2.40. The van der Waals surface area contributed by atoms with Crippen molar-refractivity contribution >= 4 is 0 Å². The Morgan fingerprint density at radius 2 is 2.07 bits per heavy atom. The van der Waals surface area contributed by atoms with E-state index < -0.39 is 12.7 Å².